The quantitative estimate of drug-likeness (QED) is 0.786. The van der Waals surface area contributed by atoms with Crippen LogP contribution in [0.2, 0.25) is 0 Å². The van der Waals surface area contributed by atoms with Crippen molar-refractivity contribution < 1.29 is 9.84 Å². The summed E-state index contributed by atoms with van der Waals surface area (Å²) >= 11 is 1.67. The normalized spacial score (nSPS) is 12.5. The van der Waals surface area contributed by atoms with Gasteiger partial charge in [0.2, 0.25) is 0 Å². The predicted octanol–water partition coefficient (Wildman–Crippen LogP) is 2.72. The molecule has 1 heterocycles. The van der Waals surface area contributed by atoms with Crippen LogP contribution < -0.4 is 5.32 Å². The zero-order valence-corrected chi connectivity index (χ0v) is 12.5. The molecule has 0 radical (unpaired) electrons. The Hall–Kier alpha value is -1.20. The van der Waals surface area contributed by atoms with Gasteiger partial charge in [-0.05, 0) is 29.5 Å². The molecule has 0 aliphatic carbocycles. The number of benzene rings is 1. The van der Waals surface area contributed by atoms with Crippen molar-refractivity contribution in [3.63, 3.8) is 0 Å². The highest BCUT2D eigenvalue weighted by Gasteiger charge is 2.05. The molecule has 0 aliphatic rings. The molecule has 0 bridgehead atoms. The number of rotatable bonds is 8. The van der Waals surface area contributed by atoms with Gasteiger partial charge in [-0.2, -0.15) is 0 Å². The molecular formula is C16H21NO2S. The third-order valence-electron chi connectivity index (χ3n) is 3.09. The lowest BCUT2D eigenvalue weighted by molar-refractivity contribution is 0.0297. The van der Waals surface area contributed by atoms with Crippen LogP contribution in [0.15, 0.2) is 41.8 Å². The van der Waals surface area contributed by atoms with Crippen LogP contribution in [-0.4, -0.2) is 24.4 Å². The van der Waals surface area contributed by atoms with Crippen molar-refractivity contribution in [3.8, 4) is 0 Å². The third-order valence-corrected chi connectivity index (χ3v) is 3.94. The summed E-state index contributed by atoms with van der Waals surface area (Å²) in [5, 5.41) is 15.1. The molecule has 1 aromatic heterocycles. The first-order valence-corrected chi connectivity index (χ1v) is 7.67. The second kappa shape index (κ2) is 8.17. The van der Waals surface area contributed by atoms with E-state index in [1.165, 1.54) is 16.0 Å². The first kappa shape index (κ1) is 15.2. The highest BCUT2D eigenvalue weighted by molar-refractivity contribution is 7.09. The van der Waals surface area contributed by atoms with Crippen molar-refractivity contribution in [1.82, 2.24) is 5.32 Å². The van der Waals surface area contributed by atoms with Crippen LogP contribution in [0.5, 0.6) is 0 Å². The molecule has 0 spiro atoms. The lowest BCUT2D eigenvalue weighted by Crippen LogP contribution is -2.30. The van der Waals surface area contributed by atoms with Crippen LogP contribution >= 0.6 is 11.3 Å². The van der Waals surface area contributed by atoms with E-state index in [0.29, 0.717) is 19.8 Å². The molecule has 1 atom stereocenters. The molecule has 0 saturated heterocycles. The Morgan fingerprint density at radius 2 is 2.10 bits per heavy atom. The number of aliphatic hydroxyl groups excluding tert-OH is 1. The Balaban J connectivity index is 1.60. The predicted molar refractivity (Wildman–Crippen MR) is 82.9 cm³/mol. The minimum Gasteiger partial charge on any atom is -0.389 e. The van der Waals surface area contributed by atoms with E-state index in [1.807, 2.05) is 29.6 Å². The van der Waals surface area contributed by atoms with Crippen LogP contribution in [0, 0.1) is 6.92 Å². The summed E-state index contributed by atoms with van der Waals surface area (Å²) in [6.07, 6.45) is -0.473. The molecule has 0 saturated carbocycles. The van der Waals surface area contributed by atoms with Crippen molar-refractivity contribution in [3.05, 3.63) is 57.8 Å². The molecule has 1 aromatic carbocycles. The summed E-state index contributed by atoms with van der Waals surface area (Å²) in [4.78, 5) is 1.19. The summed E-state index contributed by atoms with van der Waals surface area (Å²) in [5.74, 6) is 0. The highest BCUT2D eigenvalue weighted by Crippen LogP contribution is 2.09. The number of aliphatic hydroxyl groups is 1. The van der Waals surface area contributed by atoms with Gasteiger partial charge in [-0.15, -0.1) is 11.3 Å². The molecule has 2 aromatic rings. The van der Waals surface area contributed by atoms with E-state index < -0.39 is 6.10 Å². The van der Waals surface area contributed by atoms with Crippen molar-refractivity contribution in [2.75, 3.05) is 13.2 Å². The maximum atomic E-state index is 9.84. The summed E-state index contributed by atoms with van der Waals surface area (Å²) in [6.45, 7) is 4.34. The molecule has 108 valence electrons. The Bertz CT molecular complexity index is 499. The molecular weight excluding hydrogens is 270 g/mol. The van der Waals surface area contributed by atoms with Crippen molar-refractivity contribution in [2.24, 2.45) is 0 Å². The smallest absolute Gasteiger partial charge is 0.0897 e. The minimum absolute atomic E-state index is 0.360. The number of thiophene rings is 1. The number of ether oxygens (including phenoxy) is 1. The molecule has 1 unspecified atom stereocenters. The van der Waals surface area contributed by atoms with E-state index >= 15 is 0 Å². The monoisotopic (exact) mass is 291 g/mol. The van der Waals surface area contributed by atoms with Gasteiger partial charge < -0.3 is 15.2 Å². The molecule has 3 nitrogen and oxygen atoms in total. The lowest BCUT2D eigenvalue weighted by atomic mass is 10.1. The Labute approximate surface area is 124 Å². The SMILES string of the molecule is Cc1ccccc1CNCC(O)COCc1cccs1. The molecule has 0 amide bonds. The zero-order chi connectivity index (χ0) is 14.2. The summed E-state index contributed by atoms with van der Waals surface area (Å²) in [5.41, 5.74) is 2.53. The Morgan fingerprint density at radius 1 is 1.25 bits per heavy atom. The van der Waals surface area contributed by atoms with E-state index in [2.05, 4.69) is 24.4 Å². The van der Waals surface area contributed by atoms with Crippen molar-refractivity contribution in [1.29, 1.82) is 0 Å². The van der Waals surface area contributed by atoms with Crippen LogP contribution in [0.25, 0.3) is 0 Å². The van der Waals surface area contributed by atoms with Crippen molar-refractivity contribution >= 4 is 11.3 Å². The van der Waals surface area contributed by atoms with E-state index in [-0.39, 0.29) is 0 Å². The molecule has 0 aliphatic heterocycles. The maximum absolute atomic E-state index is 9.84. The average Bonchev–Trinajstić information content (AvgIpc) is 2.94. The molecule has 20 heavy (non-hydrogen) atoms. The van der Waals surface area contributed by atoms with Crippen LogP contribution in [0.4, 0.5) is 0 Å². The van der Waals surface area contributed by atoms with Gasteiger partial charge >= 0.3 is 0 Å². The van der Waals surface area contributed by atoms with Gasteiger partial charge in [0.15, 0.2) is 0 Å². The van der Waals surface area contributed by atoms with E-state index in [9.17, 15) is 5.11 Å². The molecule has 2 rings (SSSR count). The van der Waals surface area contributed by atoms with Gasteiger partial charge in [0.05, 0.1) is 19.3 Å². The maximum Gasteiger partial charge on any atom is 0.0897 e. The second-order valence-electron chi connectivity index (χ2n) is 4.81. The Kier molecular flexibility index (Phi) is 6.21. The van der Waals surface area contributed by atoms with E-state index in [0.717, 1.165) is 6.54 Å². The van der Waals surface area contributed by atoms with Crippen LogP contribution in [-0.2, 0) is 17.9 Å². The standard InChI is InChI=1S/C16H21NO2S/c1-13-5-2-3-6-14(13)9-17-10-15(18)11-19-12-16-7-4-8-20-16/h2-8,15,17-18H,9-12H2,1H3. The average molecular weight is 291 g/mol. The highest BCUT2D eigenvalue weighted by atomic mass is 32.1. The van der Waals surface area contributed by atoms with Gasteiger partial charge in [0, 0.05) is 18.0 Å². The third kappa shape index (κ3) is 5.06. The summed E-state index contributed by atoms with van der Waals surface area (Å²) in [6, 6.07) is 12.3. The number of hydrogen-bond acceptors (Lipinski definition) is 4. The van der Waals surface area contributed by atoms with Crippen molar-refractivity contribution in [2.45, 2.75) is 26.2 Å². The zero-order valence-electron chi connectivity index (χ0n) is 11.7. The van der Waals surface area contributed by atoms with Gasteiger partial charge in [-0.1, -0.05) is 30.3 Å². The molecule has 2 N–H and O–H groups in total. The minimum atomic E-state index is -0.473. The van der Waals surface area contributed by atoms with Gasteiger partial charge in [0.25, 0.3) is 0 Å². The second-order valence-corrected chi connectivity index (χ2v) is 5.84. The Morgan fingerprint density at radius 3 is 2.85 bits per heavy atom. The van der Waals surface area contributed by atoms with E-state index in [4.69, 9.17) is 4.74 Å². The summed E-state index contributed by atoms with van der Waals surface area (Å²) < 4.78 is 5.49. The number of nitrogens with one attached hydrogen (secondary N) is 1. The van der Waals surface area contributed by atoms with Crippen LogP contribution in [0.1, 0.15) is 16.0 Å². The fourth-order valence-corrected chi connectivity index (χ4v) is 2.57. The van der Waals surface area contributed by atoms with Crippen LogP contribution in [0.3, 0.4) is 0 Å². The van der Waals surface area contributed by atoms with Gasteiger partial charge in [-0.25, -0.2) is 0 Å². The number of aryl methyl sites for hydroxylation is 1. The van der Waals surface area contributed by atoms with E-state index in [1.54, 1.807) is 11.3 Å². The summed E-state index contributed by atoms with van der Waals surface area (Å²) in [7, 11) is 0. The molecule has 0 fully saturated rings. The topological polar surface area (TPSA) is 41.5 Å². The molecule has 4 heteroatoms. The fourth-order valence-electron chi connectivity index (χ4n) is 1.93. The largest absolute Gasteiger partial charge is 0.389 e. The number of hydrogen-bond donors (Lipinski definition) is 2. The lowest BCUT2D eigenvalue weighted by Gasteiger charge is -2.13. The van der Waals surface area contributed by atoms with Gasteiger partial charge in [-0.3, -0.25) is 0 Å². The first-order chi connectivity index (χ1) is 9.75. The fraction of sp³-hybridized carbons (Fsp3) is 0.375. The van der Waals surface area contributed by atoms with Gasteiger partial charge in [0.1, 0.15) is 0 Å². The first-order valence-electron chi connectivity index (χ1n) is 6.79.